The van der Waals surface area contributed by atoms with Crippen molar-refractivity contribution < 1.29 is 4.42 Å². The molecule has 9 aromatic carbocycles. The van der Waals surface area contributed by atoms with Gasteiger partial charge in [0.1, 0.15) is 11.2 Å². The van der Waals surface area contributed by atoms with Crippen molar-refractivity contribution in [3.63, 3.8) is 0 Å². The van der Waals surface area contributed by atoms with Crippen LogP contribution in [0.3, 0.4) is 0 Å². The van der Waals surface area contributed by atoms with E-state index in [4.69, 9.17) is 4.42 Å². The standard InChI is InChI=1S/C55H38N2O/c1-37-35-43(36-48(38-17-5-2-6-18-38)53(37)40-19-7-3-8-20-40)56(41-21-9-4-10-22-41)51-34-33-44(55-54(51)47-25-13-16-28-52(47)58-55)39-29-31-42(32-30-39)57-49-26-14-11-23-45(49)46-24-12-15-27-50(46)57/h2-36H,1H3. The minimum Gasteiger partial charge on any atom is -0.455 e. The summed E-state index contributed by atoms with van der Waals surface area (Å²) in [5.41, 5.74) is 16.6. The Morgan fingerprint density at radius 3 is 1.66 bits per heavy atom. The Bertz CT molecular complexity index is 3220. The number of aryl methyl sites for hydroxylation is 1. The number of fused-ring (bicyclic) bond motifs is 6. The molecule has 2 heterocycles. The summed E-state index contributed by atoms with van der Waals surface area (Å²) >= 11 is 0. The van der Waals surface area contributed by atoms with Crippen LogP contribution in [-0.2, 0) is 0 Å². The summed E-state index contributed by atoms with van der Waals surface area (Å²) in [4.78, 5) is 2.40. The number of para-hydroxylation sites is 4. The lowest BCUT2D eigenvalue weighted by molar-refractivity contribution is 0.670. The zero-order chi connectivity index (χ0) is 38.6. The lowest BCUT2D eigenvalue weighted by Crippen LogP contribution is -2.11. The summed E-state index contributed by atoms with van der Waals surface area (Å²) < 4.78 is 9.24. The highest BCUT2D eigenvalue weighted by Gasteiger charge is 2.24. The van der Waals surface area contributed by atoms with E-state index in [9.17, 15) is 0 Å². The van der Waals surface area contributed by atoms with Gasteiger partial charge >= 0.3 is 0 Å². The van der Waals surface area contributed by atoms with Crippen molar-refractivity contribution in [2.24, 2.45) is 0 Å². The molecule has 11 rings (SSSR count). The number of anilines is 3. The van der Waals surface area contributed by atoms with Gasteiger partial charge in [-0.1, -0.05) is 146 Å². The second-order valence-corrected chi connectivity index (χ2v) is 14.9. The van der Waals surface area contributed by atoms with Gasteiger partial charge in [-0.05, 0) is 107 Å². The highest BCUT2D eigenvalue weighted by molar-refractivity contribution is 6.17. The third-order valence-corrected chi connectivity index (χ3v) is 11.5. The molecule has 0 saturated heterocycles. The molecule has 11 aromatic rings. The summed E-state index contributed by atoms with van der Waals surface area (Å²) in [6.07, 6.45) is 0. The summed E-state index contributed by atoms with van der Waals surface area (Å²) in [6, 6.07) is 76.0. The summed E-state index contributed by atoms with van der Waals surface area (Å²) in [7, 11) is 0. The fourth-order valence-corrected chi connectivity index (χ4v) is 8.95. The SMILES string of the molecule is Cc1cc(N(c2ccccc2)c2ccc(-c3ccc(-n4c5ccccc5c5ccccc54)cc3)c3oc4ccccc4c23)cc(-c2ccccc2)c1-c1ccccc1. The maximum atomic E-state index is 6.88. The molecule has 3 nitrogen and oxygen atoms in total. The molecule has 0 N–H and O–H groups in total. The second-order valence-electron chi connectivity index (χ2n) is 14.9. The second kappa shape index (κ2) is 13.8. The lowest BCUT2D eigenvalue weighted by atomic mass is 9.90. The van der Waals surface area contributed by atoms with E-state index < -0.39 is 0 Å². The van der Waals surface area contributed by atoms with Gasteiger partial charge in [0.25, 0.3) is 0 Å². The minimum atomic E-state index is 0.863. The van der Waals surface area contributed by atoms with Crippen molar-refractivity contribution in [1.82, 2.24) is 4.57 Å². The first-order valence-electron chi connectivity index (χ1n) is 19.9. The van der Waals surface area contributed by atoms with E-state index in [0.717, 1.165) is 55.8 Å². The molecular formula is C55H38N2O. The van der Waals surface area contributed by atoms with Crippen molar-refractivity contribution in [2.75, 3.05) is 4.90 Å². The number of hydrogen-bond acceptors (Lipinski definition) is 2. The van der Waals surface area contributed by atoms with Crippen LogP contribution in [0.15, 0.2) is 217 Å². The maximum Gasteiger partial charge on any atom is 0.145 e. The molecule has 0 unspecified atom stereocenters. The van der Waals surface area contributed by atoms with Gasteiger partial charge < -0.3 is 13.9 Å². The van der Waals surface area contributed by atoms with Crippen LogP contribution >= 0.6 is 0 Å². The van der Waals surface area contributed by atoms with E-state index >= 15 is 0 Å². The highest BCUT2D eigenvalue weighted by Crippen LogP contribution is 2.48. The van der Waals surface area contributed by atoms with Crippen LogP contribution < -0.4 is 4.90 Å². The summed E-state index contributed by atoms with van der Waals surface area (Å²) in [5, 5.41) is 4.67. The average molecular weight is 743 g/mol. The molecule has 2 aromatic heterocycles. The highest BCUT2D eigenvalue weighted by atomic mass is 16.3. The zero-order valence-electron chi connectivity index (χ0n) is 32.0. The van der Waals surface area contributed by atoms with Crippen LogP contribution in [0.5, 0.6) is 0 Å². The van der Waals surface area contributed by atoms with Crippen LogP contribution in [0.25, 0.3) is 82.8 Å². The molecule has 0 aliphatic heterocycles. The number of rotatable bonds is 7. The van der Waals surface area contributed by atoms with Crippen LogP contribution in [0.4, 0.5) is 17.1 Å². The Hall–Kier alpha value is -7.62. The van der Waals surface area contributed by atoms with Gasteiger partial charge in [0.05, 0.1) is 22.1 Å². The van der Waals surface area contributed by atoms with Gasteiger partial charge in [-0.25, -0.2) is 0 Å². The molecule has 0 spiro atoms. The van der Waals surface area contributed by atoms with Gasteiger partial charge in [-0.3, -0.25) is 0 Å². The molecule has 0 saturated carbocycles. The molecule has 274 valence electrons. The van der Waals surface area contributed by atoms with Gasteiger partial charge in [-0.15, -0.1) is 0 Å². The Balaban J connectivity index is 1.11. The molecular weight excluding hydrogens is 705 g/mol. The molecule has 3 heteroatoms. The van der Waals surface area contributed by atoms with Gasteiger partial charge in [-0.2, -0.15) is 0 Å². The topological polar surface area (TPSA) is 21.3 Å². The van der Waals surface area contributed by atoms with Crippen LogP contribution in [-0.4, -0.2) is 4.57 Å². The number of benzene rings is 9. The predicted octanol–water partition coefficient (Wildman–Crippen LogP) is 15.5. The van der Waals surface area contributed by atoms with Crippen molar-refractivity contribution in [3.05, 3.63) is 218 Å². The third kappa shape index (κ3) is 5.51. The molecule has 0 amide bonds. The van der Waals surface area contributed by atoms with Crippen molar-refractivity contribution in [1.29, 1.82) is 0 Å². The van der Waals surface area contributed by atoms with Crippen molar-refractivity contribution in [3.8, 4) is 39.1 Å². The van der Waals surface area contributed by atoms with Crippen LogP contribution in [0, 0.1) is 6.92 Å². The van der Waals surface area contributed by atoms with E-state index in [1.165, 1.54) is 49.6 Å². The Morgan fingerprint density at radius 1 is 0.431 bits per heavy atom. The number of nitrogens with zero attached hydrogens (tertiary/aromatic N) is 2. The molecule has 0 fully saturated rings. The maximum absolute atomic E-state index is 6.88. The molecule has 0 bridgehead atoms. The first-order chi connectivity index (χ1) is 28.7. The normalized spacial score (nSPS) is 11.5. The summed E-state index contributed by atoms with van der Waals surface area (Å²) in [6.45, 7) is 2.23. The average Bonchev–Trinajstić information content (AvgIpc) is 3.84. The largest absolute Gasteiger partial charge is 0.455 e. The molecule has 58 heavy (non-hydrogen) atoms. The van der Waals surface area contributed by atoms with E-state index in [1.54, 1.807) is 0 Å². The number of aromatic nitrogens is 1. The monoisotopic (exact) mass is 742 g/mol. The van der Waals surface area contributed by atoms with E-state index in [1.807, 2.05) is 0 Å². The molecule has 0 radical (unpaired) electrons. The third-order valence-electron chi connectivity index (χ3n) is 11.5. The van der Waals surface area contributed by atoms with Crippen molar-refractivity contribution in [2.45, 2.75) is 6.92 Å². The first kappa shape index (κ1) is 33.7. The van der Waals surface area contributed by atoms with E-state index in [2.05, 4.69) is 229 Å². The first-order valence-corrected chi connectivity index (χ1v) is 19.9. The van der Waals surface area contributed by atoms with E-state index in [-0.39, 0.29) is 0 Å². The van der Waals surface area contributed by atoms with Crippen LogP contribution in [0.1, 0.15) is 5.56 Å². The quantitative estimate of drug-likeness (QED) is 0.162. The Labute approximate surface area is 337 Å². The van der Waals surface area contributed by atoms with Crippen LogP contribution in [0.2, 0.25) is 0 Å². The Morgan fingerprint density at radius 2 is 0.983 bits per heavy atom. The zero-order valence-corrected chi connectivity index (χ0v) is 32.0. The fraction of sp³-hybridized carbons (Fsp3) is 0.0182. The molecule has 0 aliphatic rings. The van der Waals surface area contributed by atoms with Gasteiger partial charge in [0, 0.05) is 38.8 Å². The van der Waals surface area contributed by atoms with E-state index in [0.29, 0.717) is 0 Å². The fourth-order valence-electron chi connectivity index (χ4n) is 8.95. The molecule has 0 aliphatic carbocycles. The molecule has 0 atom stereocenters. The predicted molar refractivity (Wildman–Crippen MR) is 244 cm³/mol. The smallest absolute Gasteiger partial charge is 0.145 e. The van der Waals surface area contributed by atoms with Gasteiger partial charge in [0.2, 0.25) is 0 Å². The number of furan rings is 1. The van der Waals surface area contributed by atoms with Crippen molar-refractivity contribution >= 4 is 60.8 Å². The van der Waals surface area contributed by atoms with Gasteiger partial charge in [0.15, 0.2) is 0 Å². The summed E-state index contributed by atoms with van der Waals surface area (Å²) in [5.74, 6) is 0. The number of hydrogen-bond donors (Lipinski definition) is 0. The Kier molecular flexibility index (Phi) is 8.04. The minimum absolute atomic E-state index is 0.863. The lowest BCUT2D eigenvalue weighted by Gasteiger charge is -2.28.